The molecule has 5 heteroatoms. The number of fused-ring (bicyclic) bond motifs is 1. The zero-order valence-corrected chi connectivity index (χ0v) is 11.1. The van der Waals surface area contributed by atoms with E-state index in [2.05, 4.69) is 29.2 Å². The molecule has 0 saturated heterocycles. The monoisotopic (exact) mass is 248 g/mol. The Morgan fingerprint density at radius 1 is 1.44 bits per heavy atom. The molecule has 0 fully saturated rings. The predicted octanol–water partition coefficient (Wildman–Crippen LogP) is 1.86. The van der Waals surface area contributed by atoms with Gasteiger partial charge >= 0.3 is 0 Å². The molecule has 0 amide bonds. The molecule has 0 aromatic carbocycles. The van der Waals surface area contributed by atoms with Gasteiger partial charge < -0.3 is 10.4 Å². The Bertz CT molecular complexity index is 521. The van der Waals surface area contributed by atoms with Crippen molar-refractivity contribution >= 4 is 11.3 Å². The molecule has 0 aliphatic carbocycles. The summed E-state index contributed by atoms with van der Waals surface area (Å²) in [6.07, 6.45) is 3.96. The van der Waals surface area contributed by atoms with E-state index in [1.165, 1.54) is 0 Å². The molecule has 2 rings (SSSR count). The van der Waals surface area contributed by atoms with Gasteiger partial charge in [-0.25, -0.2) is 9.50 Å². The second-order valence-electron chi connectivity index (χ2n) is 5.06. The lowest BCUT2D eigenvalue weighted by molar-refractivity contribution is 0.161. The minimum atomic E-state index is -0.351. The minimum Gasteiger partial charge on any atom is -0.391 e. The van der Waals surface area contributed by atoms with Crippen LogP contribution >= 0.6 is 0 Å². The van der Waals surface area contributed by atoms with Crippen molar-refractivity contribution in [3.8, 4) is 0 Å². The maximum absolute atomic E-state index is 9.85. The van der Waals surface area contributed by atoms with E-state index in [0.29, 0.717) is 12.5 Å². The minimum absolute atomic E-state index is 0.351. The van der Waals surface area contributed by atoms with Crippen LogP contribution < -0.4 is 5.32 Å². The molecule has 98 valence electrons. The Labute approximate surface area is 107 Å². The Morgan fingerprint density at radius 3 is 2.94 bits per heavy atom. The van der Waals surface area contributed by atoms with Gasteiger partial charge in [0.2, 0.25) is 0 Å². The largest absolute Gasteiger partial charge is 0.391 e. The van der Waals surface area contributed by atoms with Crippen molar-refractivity contribution in [2.75, 3.05) is 11.9 Å². The topological polar surface area (TPSA) is 62.5 Å². The highest BCUT2D eigenvalue weighted by Gasteiger charge is 2.09. The molecule has 2 N–H and O–H groups in total. The third-order valence-corrected chi connectivity index (χ3v) is 2.76. The SMILES string of the molecule is Cc1cc2c(NCC(O)CC(C)C)nccn2n1. The Balaban J connectivity index is 2.07. The number of aryl methyl sites for hydroxylation is 1. The summed E-state index contributed by atoms with van der Waals surface area (Å²) in [4.78, 5) is 4.29. The molecule has 0 aliphatic heterocycles. The zero-order valence-electron chi connectivity index (χ0n) is 11.1. The van der Waals surface area contributed by atoms with Crippen molar-refractivity contribution in [1.82, 2.24) is 14.6 Å². The van der Waals surface area contributed by atoms with Gasteiger partial charge in [0.25, 0.3) is 0 Å². The maximum Gasteiger partial charge on any atom is 0.152 e. The van der Waals surface area contributed by atoms with Crippen LogP contribution in [0.4, 0.5) is 5.82 Å². The lowest BCUT2D eigenvalue weighted by atomic mass is 10.1. The number of aromatic nitrogens is 3. The molecule has 2 aromatic heterocycles. The molecule has 0 aliphatic rings. The van der Waals surface area contributed by atoms with Crippen LogP contribution in [0.1, 0.15) is 26.0 Å². The van der Waals surface area contributed by atoms with E-state index in [-0.39, 0.29) is 6.10 Å². The van der Waals surface area contributed by atoms with E-state index in [1.807, 2.05) is 19.2 Å². The van der Waals surface area contributed by atoms with E-state index >= 15 is 0 Å². The van der Waals surface area contributed by atoms with Gasteiger partial charge in [-0.2, -0.15) is 5.10 Å². The van der Waals surface area contributed by atoms with E-state index in [9.17, 15) is 5.11 Å². The molecule has 1 atom stereocenters. The first-order valence-electron chi connectivity index (χ1n) is 6.29. The molecule has 5 nitrogen and oxygen atoms in total. The first kappa shape index (κ1) is 12.8. The van der Waals surface area contributed by atoms with Gasteiger partial charge in [0.05, 0.1) is 11.8 Å². The molecule has 0 spiro atoms. The second-order valence-corrected chi connectivity index (χ2v) is 5.06. The van der Waals surface area contributed by atoms with Crippen LogP contribution in [0.3, 0.4) is 0 Å². The van der Waals surface area contributed by atoms with Gasteiger partial charge in [-0.05, 0) is 25.3 Å². The molecule has 0 bridgehead atoms. The van der Waals surface area contributed by atoms with Crippen LogP contribution in [0.25, 0.3) is 5.52 Å². The fourth-order valence-electron chi connectivity index (χ4n) is 2.02. The number of hydrogen-bond donors (Lipinski definition) is 2. The van der Waals surface area contributed by atoms with Crippen LogP contribution in [0.5, 0.6) is 0 Å². The van der Waals surface area contributed by atoms with Crippen LogP contribution in [0.2, 0.25) is 0 Å². The van der Waals surface area contributed by atoms with Crippen molar-refractivity contribution in [1.29, 1.82) is 0 Å². The number of hydrogen-bond acceptors (Lipinski definition) is 4. The standard InChI is InChI=1S/C13H20N4O/c1-9(2)6-11(18)8-15-13-12-7-10(3)16-17(12)5-4-14-13/h4-5,7,9,11,18H,6,8H2,1-3H3,(H,14,15). The highest BCUT2D eigenvalue weighted by Crippen LogP contribution is 2.15. The molecule has 1 unspecified atom stereocenters. The summed E-state index contributed by atoms with van der Waals surface area (Å²) >= 11 is 0. The van der Waals surface area contributed by atoms with E-state index in [1.54, 1.807) is 10.7 Å². The average molecular weight is 248 g/mol. The molecule has 0 radical (unpaired) electrons. The summed E-state index contributed by atoms with van der Waals surface area (Å²) in [7, 11) is 0. The molecular weight excluding hydrogens is 228 g/mol. The summed E-state index contributed by atoms with van der Waals surface area (Å²) in [6, 6.07) is 1.98. The van der Waals surface area contributed by atoms with Crippen LogP contribution in [0.15, 0.2) is 18.5 Å². The first-order valence-corrected chi connectivity index (χ1v) is 6.29. The molecule has 2 aromatic rings. The van der Waals surface area contributed by atoms with Gasteiger partial charge in [0, 0.05) is 18.9 Å². The van der Waals surface area contributed by atoms with Crippen molar-refractivity contribution in [3.05, 3.63) is 24.2 Å². The number of nitrogens with one attached hydrogen (secondary N) is 1. The van der Waals surface area contributed by atoms with Crippen LogP contribution in [-0.2, 0) is 0 Å². The molecule has 0 saturated carbocycles. The summed E-state index contributed by atoms with van der Waals surface area (Å²) < 4.78 is 1.79. The van der Waals surface area contributed by atoms with Gasteiger partial charge in [0.1, 0.15) is 5.52 Å². The Hall–Kier alpha value is -1.62. The van der Waals surface area contributed by atoms with Crippen molar-refractivity contribution in [2.45, 2.75) is 33.3 Å². The average Bonchev–Trinajstić information content (AvgIpc) is 2.66. The van der Waals surface area contributed by atoms with Crippen molar-refractivity contribution in [3.63, 3.8) is 0 Å². The lowest BCUT2D eigenvalue weighted by Crippen LogP contribution is -2.21. The summed E-state index contributed by atoms with van der Waals surface area (Å²) in [6.45, 7) is 6.66. The smallest absolute Gasteiger partial charge is 0.152 e. The van der Waals surface area contributed by atoms with Crippen molar-refractivity contribution in [2.24, 2.45) is 5.92 Å². The van der Waals surface area contributed by atoms with Gasteiger partial charge in [-0.1, -0.05) is 13.8 Å². The quantitative estimate of drug-likeness (QED) is 0.847. The first-order chi connectivity index (χ1) is 8.56. The summed E-state index contributed by atoms with van der Waals surface area (Å²) in [5.41, 5.74) is 1.89. The van der Waals surface area contributed by atoms with Gasteiger partial charge in [-0.15, -0.1) is 0 Å². The van der Waals surface area contributed by atoms with Crippen molar-refractivity contribution < 1.29 is 5.11 Å². The zero-order chi connectivity index (χ0) is 13.1. The van der Waals surface area contributed by atoms with Gasteiger partial charge in [-0.3, -0.25) is 0 Å². The predicted molar refractivity (Wildman–Crippen MR) is 71.7 cm³/mol. The van der Waals surface area contributed by atoms with E-state index in [4.69, 9.17) is 0 Å². The van der Waals surface area contributed by atoms with Gasteiger partial charge in [0.15, 0.2) is 5.82 Å². The maximum atomic E-state index is 9.85. The highest BCUT2D eigenvalue weighted by molar-refractivity contribution is 5.67. The number of rotatable bonds is 5. The molecular formula is C13H20N4O. The Kier molecular flexibility index (Phi) is 3.81. The number of nitrogens with zero attached hydrogens (tertiary/aromatic N) is 3. The van der Waals surface area contributed by atoms with E-state index in [0.717, 1.165) is 23.4 Å². The normalized spacial score (nSPS) is 13.2. The third-order valence-electron chi connectivity index (χ3n) is 2.76. The van der Waals surface area contributed by atoms with Crippen LogP contribution in [-0.4, -0.2) is 32.4 Å². The fraction of sp³-hybridized carbons (Fsp3) is 0.538. The van der Waals surface area contributed by atoms with E-state index < -0.39 is 0 Å². The number of aliphatic hydroxyl groups excluding tert-OH is 1. The summed E-state index contributed by atoms with van der Waals surface area (Å²) in [5, 5.41) is 17.4. The molecule has 18 heavy (non-hydrogen) atoms. The van der Waals surface area contributed by atoms with Crippen LogP contribution in [0, 0.1) is 12.8 Å². The lowest BCUT2D eigenvalue weighted by Gasteiger charge is -2.14. The molecule has 2 heterocycles. The fourth-order valence-corrected chi connectivity index (χ4v) is 2.02. The number of anilines is 1. The second kappa shape index (κ2) is 5.35. The third kappa shape index (κ3) is 2.98. The number of aliphatic hydroxyl groups is 1. The Morgan fingerprint density at radius 2 is 2.22 bits per heavy atom. The highest BCUT2D eigenvalue weighted by atomic mass is 16.3. The summed E-state index contributed by atoms with van der Waals surface area (Å²) in [5.74, 6) is 1.25.